The first-order valence-corrected chi connectivity index (χ1v) is 9.10. The summed E-state index contributed by atoms with van der Waals surface area (Å²) in [6.45, 7) is 1.95. The third kappa shape index (κ3) is 2.75. The van der Waals surface area contributed by atoms with Crippen molar-refractivity contribution in [1.29, 1.82) is 0 Å². The molecule has 2 aromatic rings. The number of nitrogens with zero attached hydrogens (tertiary/aromatic N) is 2. The van der Waals surface area contributed by atoms with Crippen molar-refractivity contribution < 1.29 is 13.2 Å². The number of hydrogen-bond donors (Lipinski definition) is 0. The van der Waals surface area contributed by atoms with Gasteiger partial charge in [-0.05, 0) is 31.5 Å². The van der Waals surface area contributed by atoms with E-state index in [0.717, 1.165) is 28.0 Å². The van der Waals surface area contributed by atoms with E-state index >= 15 is 0 Å². The Balaban J connectivity index is 2.06. The minimum atomic E-state index is -2.90. The normalized spacial score (nSPS) is 20.2. The first kappa shape index (κ1) is 15.1. The van der Waals surface area contributed by atoms with Crippen LogP contribution in [0.4, 0.5) is 5.69 Å². The number of anilines is 1. The van der Waals surface area contributed by atoms with E-state index in [-0.39, 0.29) is 17.5 Å². The van der Waals surface area contributed by atoms with Gasteiger partial charge in [-0.2, -0.15) is 0 Å². The predicted molar refractivity (Wildman–Crippen MR) is 88.5 cm³/mol. The summed E-state index contributed by atoms with van der Waals surface area (Å²) in [5, 5.41) is 1.01. The topological polar surface area (TPSA) is 59.5 Å². The number of benzene rings is 1. The molecule has 1 atom stereocenters. The van der Waals surface area contributed by atoms with Gasteiger partial charge >= 0.3 is 0 Å². The number of ether oxygens (including phenoxy) is 1. The molecule has 0 N–H and O–H groups in total. The number of fused-ring (bicyclic) bond motifs is 1. The molecule has 22 heavy (non-hydrogen) atoms. The van der Waals surface area contributed by atoms with E-state index in [1.165, 1.54) is 0 Å². The van der Waals surface area contributed by atoms with Crippen molar-refractivity contribution in [1.82, 2.24) is 4.98 Å². The summed E-state index contributed by atoms with van der Waals surface area (Å²) in [5.41, 5.74) is 2.79. The fraction of sp³-hybridized carbons (Fsp3) is 0.438. The van der Waals surface area contributed by atoms with Gasteiger partial charge in [0, 0.05) is 35.9 Å². The summed E-state index contributed by atoms with van der Waals surface area (Å²) in [6, 6.07) is 7.83. The van der Waals surface area contributed by atoms with E-state index in [9.17, 15) is 8.42 Å². The molecule has 1 fully saturated rings. The second-order valence-electron chi connectivity index (χ2n) is 5.83. The zero-order chi connectivity index (χ0) is 15.9. The van der Waals surface area contributed by atoms with Gasteiger partial charge in [-0.3, -0.25) is 4.98 Å². The number of methoxy groups -OCH3 is 1. The van der Waals surface area contributed by atoms with Crippen LogP contribution in [-0.2, 0) is 9.84 Å². The highest BCUT2D eigenvalue weighted by molar-refractivity contribution is 7.91. The minimum Gasteiger partial charge on any atom is -0.497 e. The molecular formula is C16H20N2O3S. The molecule has 1 aliphatic rings. The average molecular weight is 320 g/mol. The predicted octanol–water partition coefficient (Wildman–Crippen LogP) is 2.18. The summed E-state index contributed by atoms with van der Waals surface area (Å²) in [5.74, 6) is 1.27. The molecule has 5 nitrogen and oxygen atoms in total. The van der Waals surface area contributed by atoms with Gasteiger partial charge in [-0.1, -0.05) is 0 Å². The summed E-state index contributed by atoms with van der Waals surface area (Å²) < 4.78 is 28.7. The molecule has 1 aromatic heterocycles. The molecule has 0 amide bonds. The van der Waals surface area contributed by atoms with Gasteiger partial charge in [-0.25, -0.2) is 8.42 Å². The number of aromatic nitrogens is 1. The maximum absolute atomic E-state index is 11.7. The summed E-state index contributed by atoms with van der Waals surface area (Å²) in [6.07, 6.45) is 0.678. The van der Waals surface area contributed by atoms with Gasteiger partial charge in [-0.15, -0.1) is 0 Å². The molecule has 0 saturated carbocycles. The molecule has 0 aliphatic carbocycles. The van der Waals surface area contributed by atoms with Crippen LogP contribution in [0.5, 0.6) is 5.75 Å². The molecule has 6 heteroatoms. The molecule has 0 spiro atoms. The number of hydrogen-bond acceptors (Lipinski definition) is 5. The second-order valence-corrected chi connectivity index (χ2v) is 8.06. The van der Waals surface area contributed by atoms with Crippen LogP contribution in [0.15, 0.2) is 24.3 Å². The van der Waals surface area contributed by atoms with E-state index in [2.05, 4.69) is 9.88 Å². The van der Waals surface area contributed by atoms with Crippen LogP contribution in [0.3, 0.4) is 0 Å². The van der Waals surface area contributed by atoms with Crippen molar-refractivity contribution in [3.8, 4) is 5.75 Å². The van der Waals surface area contributed by atoms with Crippen molar-refractivity contribution in [2.75, 3.05) is 30.6 Å². The lowest BCUT2D eigenvalue weighted by Gasteiger charge is -2.27. The van der Waals surface area contributed by atoms with E-state index < -0.39 is 9.84 Å². The van der Waals surface area contributed by atoms with E-state index in [1.807, 2.05) is 38.2 Å². The largest absolute Gasteiger partial charge is 0.497 e. The van der Waals surface area contributed by atoms with Crippen molar-refractivity contribution in [2.24, 2.45) is 0 Å². The van der Waals surface area contributed by atoms with Gasteiger partial charge < -0.3 is 9.64 Å². The van der Waals surface area contributed by atoms with Crippen LogP contribution in [0.2, 0.25) is 0 Å². The molecular weight excluding hydrogens is 300 g/mol. The van der Waals surface area contributed by atoms with Gasteiger partial charge in [0.25, 0.3) is 0 Å². The SMILES string of the molecule is COc1ccc2c(N(C)C3CCS(=O)(=O)C3)cc(C)nc2c1. The van der Waals surface area contributed by atoms with Crippen LogP contribution < -0.4 is 9.64 Å². The summed E-state index contributed by atoms with van der Waals surface area (Å²) >= 11 is 0. The number of sulfone groups is 1. The molecule has 2 heterocycles. The molecule has 3 rings (SSSR count). The summed E-state index contributed by atoms with van der Waals surface area (Å²) in [7, 11) is 0.695. The van der Waals surface area contributed by atoms with E-state index in [1.54, 1.807) is 7.11 Å². The van der Waals surface area contributed by atoms with Gasteiger partial charge in [0.1, 0.15) is 5.75 Å². The molecule has 118 valence electrons. The third-order valence-corrected chi connectivity index (χ3v) is 6.01. The van der Waals surface area contributed by atoms with Crippen molar-refractivity contribution >= 4 is 26.4 Å². The van der Waals surface area contributed by atoms with E-state index in [0.29, 0.717) is 6.42 Å². The highest BCUT2D eigenvalue weighted by Crippen LogP contribution is 2.31. The van der Waals surface area contributed by atoms with Gasteiger partial charge in [0.05, 0.1) is 24.1 Å². The Labute approximate surface area is 130 Å². The lowest BCUT2D eigenvalue weighted by molar-refractivity contribution is 0.415. The number of rotatable bonds is 3. The van der Waals surface area contributed by atoms with Crippen molar-refractivity contribution in [3.63, 3.8) is 0 Å². The van der Waals surface area contributed by atoms with Crippen LogP contribution >= 0.6 is 0 Å². The molecule has 1 saturated heterocycles. The van der Waals surface area contributed by atoms with E-state index in [4.69, 9.17) is 4.74 Å². The Morgan fingerprint density at radius 1 is 1.32 bits per heavy atom. The molecule has 1 aliphatic heterocycles. The number of pyridine rings is 1. The minimum absolute atomic E-state index is 0.0251. The zero-order valence-electron chi connectivity index (χ0n) is 13.0. The standard InChI is InChI=1S/C16H20N2O3S/c1-11-8-16(18(2)12-6-7-22(19,20)10-12)14-5-4-13(21-3)9-15(14)17-11/h4-5,8-9,12H,6-7,10H2,1-3H3. The third-order valence-electron chi connectivity index (χ3n) is 4.26. The monoisotopic (exact) mass is 320 g/mol. The number of aryl methyl sites for hydroxylation is 1. The Kier molecular flexibility index (Phi) is 3.72. The van der Waals surface area contributed by atoms with Crippen LogP contribution in [0.25, 0.3) is 10.9 Å². The molecule has 0 bridgehead atoms. The Hall–Kier alpha value is -1.82. The van der Waals surface area contributed by atoms with Crippen molar-refractivity contribution in [2.45, 2.75) is 19.4 Å². The van der Waals surface area contributed by atoms with Crippen LogP contribution in [0, 0.1) is 6.92 Å². The first-order chi connectivity index (χ1) is 10.4. The first-order valence-electron chi connectivity index (χ1n) is 7.28. The Morgan fingerprint density at radius 3 is 2.73 bits per heavy atom. The smallest absolute Gasteiger partial charge is 0.152 e. The fourth-order valence-corrected chi connectivity index (χ4v) is 4.79. The zero-order valence-corrected chi connectivity index (χ0v) is 13.9. The van der Waals surface area contributed by atoms with Crippen molar-refractivity contribution in [3.05, 3.63) is 30.0 Å². The van der Waals surface area contributed by atoms with Crippen LogP contribution in [-0.4, -0.2) is 45.1 Å². The lowest BCUT2D eigenvalue weighted by atomic mass is 10.1. The fourth-order valence-electron chi connectivity index (χ4n) is 3.01. The Morgan fingerprint density at radius 2 is 2.09 bits per heavy atom. The van der Waals surface area contributed by atoms with Gasteiger partial charge in [0.15, 0.2) is 9.84 Å². The maximum atomic E-state index is 11.7. The molecule has 1 unspecified atom stereocenters. The highest BCUT2D eigenvalue weighted by Gasteiger charge is 2.31. The average Bonchev–Trinajstić information content (AvgIpc) is 2.85. The Bertz CT molecular complexity index is 817. The van der Waals surface area contributed by atoms with Gasteiger partial charge in [0.2, 0.25) is 0 Å². The maximum Gasteiger partial charge on any atom is 0.152 e. The highest BCUT2D eigenvalue weighted by atomic mass is 32.2. The quantitative estimate of drug-likeness (QED) is 0.867. The summed E-state index contributed by atoms with van der Waals surface area (Å²) in [4.78, 5) is 6.64. The van der Waals surface area contributed by atoms with Crippen LogP contribution in [0.1, 0.15) is 12.1 Å². The second kappa shape index (κ2) is 5.43. The lowest BCUT2D eigenvalue weighted by Crippen LogP contribution is -2.32. The molecule has 0 radical (unpaired) electrons. The molecule has 1 aromatic carbocycles.